The average molecular weight is 583 g/mol. The van der Waals surface area contributed by atoms with Gasteiger partial charge in [-0.25, -0.2) is 0 Å². The Morgan fingerprint density at radius 2 is 1.67 bits per heavy atom. The van der Waals surface area contributed by atoms with Gasteiger partial charge >= 0.3 is 0 Å². The Hall–Kier alpha value is -4.41. The number of hydrogen-bond donors (Lipinski definition) is 6. The van der Waals surface area contributed by atoms with E-state index in [1.807, 2.05) is 24.4 Å². The van der Waals surface area contributed by atoms with Crippen molar-refractivity contribution in [1.82, 2.24) is 36.2 Å². The second kappa shape index (κ2) is 11.3. The molecule has 0 radical (unpaired) electrons. The first-order chi connectivity index (χ1) is 20.9. The number of anilines is 1. The number of carbonyl (C=O) groups excluding carboxylic acids is 2. The fraction of sp³-hybridized carbons (Fsp3) is 0.469. The highest BCUT2D eigenvalue weighted by atomic mass is 16.3. The molecule has 4 aromatic rings. The molecule has 11 nitrogen and oxygen atoms in total. The van der Waals surface area contributed by atoms with Crippen molar-refractivity contribution in [2.24, 2.45) is 23.2 Å². The molecule has 4 bridgehead atoms. The first-order valence-electron chi connectivity index (χ1n) is 15.3. The van der Waals surface area contributed by atoms with E-state index < -0.39 is 6.04 Å². The number of nitrogens with zero attached hydrogens (tertiary/aromatic N) is 3. The minimum atomic E-state index is -0.763. The number of aromatic nitrogens is 5. The summed E-state index contributed by atoms with van der Waals surface area (Å²) in [5.41, 5.74) is 2.60. The number of fused-ring (bicyclic) bond motifs is 1. The van der Waals surface area contributed by atoms with E-state index in [4.69, 9.17) is 0 Å². The highest BCUT2D eigenvalue weighted by Crippen LogP contribution is 2.60. The predicted molar refractivity (Wildman–Crippen MR) is 161 cm³/mol. The third-order valence-electron chi connectivity index (χ3n) is 9.86. The van der Waals surface area contributed by atoms with Crippen LogP contribution in [-0.2, 0) is 22.4 Å². The van der Waals surface area contributed by atoms with Crippen LogP contribution < -0.4 is 16.0 Å². The number of tetrazole rings is 1. The smallest absolute Gasteiger partial charge is 0.263 e. The number of para-hydroxylation sites is 1. The van der Waals surface area contributed by atoms with Crippen molar-refractivity contribution in [2.45, 2.75) is 63.5 Å². The molecule has 6 N–H and O–H groups in total. The number of benzene rings is 2. The molecule has 8 rings (SSSR count). The fourth-order valence-electron chi connectivity index (χ4n) is 8.27. The molecule has 0 saturated heterocycles. The van der Waals surface area contributed by atoms with Crippen LogP contribution >= 0.6 is 0 Å². The van der Waals surface area contributed by atoms with Gasteiger partial charge in [0.25, 0.3) is 5.95 Å². The third kappa shape index (κ3) is 5.80. The molecule has 2 aromatic carbocycles. The number of aromatic amines is 2. The predicted octanol–water partition coefficient (Wildman–Crippen LogP) is 3.47. The summed E-state index contributed by atoms with van der Waals surface area (Å²) in [4.78, 5) is 31.4. The quantitative estimate of drug-likeness (QED) is 0.158. The van der Waals surface area contributed by atoms with Crippen LogP contribution in [0, 0.1) is 23.2 Å². The number of carbonyl (C=O) groups is 2. The summed E-state index contributed by atoms with van der Waals surface area (Å²) in [6.07, 6.45) is 9.35. The largest absolute Gasteiger partial charge is 0.508 e. The van der Waals surface area contributed by atoms with Gasteiger partial charge in [-0.15, -0.1) is 5.10 Å². The van der Waals surface area contributed by atoms with Crippen LogP contribution in [0.1, 0.15) is 49.7 Å². The number of amides is 2. The number of H-pyrrole nitrogens is 2. The molecule has 4 saturated carbocycles. The maximum Gasteiger partial charge on any atom is 0.263 e. The Kier molecular flexibility index (Phi) is 7.24. The van der Waals surface area contributed by atoms with Crippen LogP contribution in [0.3, 0.4) is 0 Å². The summed E-state index contributed by atoms with van der Waals surface area (Å²) in [5.74, 6) is 2.14. The maximum absolute atomic E-state index is 14.1. The molecule has 0 spiro atoms. The summed E-state index contributed by atoms with van der Waals surface area (Å²) in [6, 6.07) is 13.8. The fourth-order valence-corrected chi connectivity index (χ4v) is 8.27. The van der Waals surface area contributed by atoms with Crippen LogP contribution in [0.5, 0.6) is 5.75 Å². The number of aromatic hydroxyl groups is 1. The molecule has 0 unspecified atom stereocenters. The van der Waals surface area contributed by atoms with Crippen LogP contribution in [0.2, 0.25) is 0 Å². The summed E-state index contributed by atoms with van der Waals surface area (Å²) < 4.78 is 0. The molecule has 224 valence electrons. The van der Waals surface area contributed by atoms with Crippen LogP contribution in [-0.4, -0.2) is 61.2 Å². The van der Waals surface area contributed by atoms with Crippen LogP contribution in [0.15, 0.2) is 54.7 Å². The first kappa shape index (κ1) is 27.4. The number of rotatable bonds is 11. The summed E-state index contributed by atoms with van der Waals surface area (Å²) in [7, 11) is 0. The lowest BCUT2D eigenvalue weighted by Crippen LogP contribution is -2.58. The van der Waals surface area contributed by atoms with Gasteiger partial charge in [-0.1, -0.05) is 35.4 Å². The van der Waals surface area contributed by atoms with E-state index in [1.54, 1.807) is 24.3 Å². The number of phenols is 1. The van der Waals surface area contributed by atoms with E-state index in [0.717, 1.165) is 41.3 Å². The van der Waals surface area contributed by atoms with Gasteiger partial charge < -0.3 is 26.0 Å². The normalized spacial score (nSPS) is 25.3. The standard InChI is InChI=1S/C32H38N8O3/c41-25-7-5-19(6-8-25)12-28(36-30(43)32-14-20-9-21(15-32)11-22(10-20)16-32)29(42)35-24(18-34-31-37-39-40-38-31)13-23-17-33-27-4-2-1-3-26(23)27/h1-8,17,20-22,24,28,33,41H,9-16,18H2,(H,35,42)(H,36,43)(H2,34,37,38,39,40)/t20?,21?,22?,24-,28-,32?/m0/s1. The second-order valence-electron chi connectivity index (χ2n) is 13.0. The molecule has 4 fully saturated rings. The highest BCUT2D eigenvalue weighted by Gasteiger charge is 2.55. The van der Waals surface area contributed by atoms with Crippen molar-refractivity contribution in [1.29, 1.82) is 0 Å². The molecule has 4 aliphatic rings. The van der Waals surface area contributed by atoms with Gasteiger partial charge in [0.05, 0.1) is 6.04 Å². The van der Waals surface area contributed by atoms with Crippen molar-refractivity contribution < 1.29 is 14.7 Å². The molecule has 2 heterocycles. The van der Waals surface area contributed by atoms with Gasteiger partial charge in [-0.3, -0.25) is 9.59 Å². The Balaban J connectivity index is 1.12. The average Bonchev–Trinajstić information content (AvgIpc) is 3.66. The van der Waals surface area contributed by atoms with E-state index in [-0.39, 0.29) is 29.0 Å². The molecule has 4 aliphatic carbocycles. The number of hydrogen-bond acceptors (Lipinski definition) is 7. The third-order valence-corrected chi connectivity index (χ3v) is 9.86. The molecule has 2 atom stereocenters. The topological polar surface area (TPSA) is 161 Å². The Morgan fingerprint density at radius 1 is 0.953 bits per heavy atom. The van der Waals surface area contributed by atoms with Crippen LogP contribution in [0.4, 0.5) is 5.95 Å². The number of phenolic OH excluding ortho intramolecular Hbond substituents is 1. The number of nitrogens with one attached hydrogen (secondary N) is 5. The molecule has 2 aromatic heterocycles. The summed E-state index contributed by atoms with van der Waals surface area (Å²) in [6.45, 7) is 0.361. The van der Waals surface area contributed by atoms with Crippen LogP contribution in [0.25, 0.3) is 10.9 Å². The SMILES string of the molecule is O=C(N[C@H](CNc1nn[nH]n1)Cc1c[nH]c2ccccc12)[C@H](Cc1ccc(O)cc1)NC(=O)C12CC3CC(CC(C3)C1)C2. The van der Waals surface area contributed by atoms with Crippen molar-refractivity contribution in [3.8, 4) is 5.75 Å². The zero-order valence-corrected chi connectivity index (χ0v) is 24.1. The zero-order chi connectivity index (χ0) is 29.4. The monoisotopic (exact) mass is 582 g/mol. The van der Waals surface area contributed by atoms with Gasteiger partial charge in [0.15, 0.2) is 0 Å². The van der Waals surface area contributed by atoms with E-state index in [9.17, 15) is 14.7 Å². The van der Waals surface area contributed by atoms with Crippen molar-refractivity contribution in [3.05, 3.63) is 65.9 Å². The molecular formula is C32H38N8O3. The lowest BCUT2D eigenvalue weighted by Gasteiger charge is -2.55. The molecular weight excluding hydrogens is 544 g/mol. The van der Waals surface area contributed by atoms with E-state index in [1.165, 1.54) is 19.3 Å². The lowest BCUT2D eigenvalue weighted by molar-refractivity contribution is -0.148. The molecule has 11 heteroatoms. The van der Waals surface area contributed by atoms with E-state index in [2.05, 4.69) is 47.6 Å². The van der Waals surface area contributed by atoms with Crippen molar-refractivity contribution >= 4 is 28.7 Å². The van der Waals surface area contributed by atoms with E-state index >= 15 is 0 Å². The molecule has 0 aliphatic heterocycles. The zero-order valence-electron chi connectivity index (χ0n) is 24.1. The van der Waals surface area contributed by atoms with E-state index in [0.29, 0.717) is 43.1 Å². The minimum Gasteiger partial charge on any atom is -0.508 e. The van der Waals surface area contributed by atoms with Gasteiger partial charge in [0.1, 0.15) is 11.8 Å². The highest BCUT2D eigenvalue weighted by molar-refractivity contribution is 5.91. The Labute approximate surface area is 249 Å². The van der Waals surface area contributed by atoms with Crippen molar-refractivity contribution in [3.63, 3.8) is 0 Å². The lowest BCUT2D eigenvalue weighted by atomic mass is 9.49. The van der Waals surface area contributed by atoms with Gasteiger partial charge in [0, 0.05) is 35.5 Å². The van der Waals surface area contributed by atoms with Crippen molar-refractivity contribution in [2.75, 3.05) is 11.9 Å². The van der Waals surface area contributed by atoms with Gasteiger partial charge in [-0.05, 0) is 97.2 Å². The minimum absolute atomic E-state index is 0.0172. The maximum atomic E-state index is 14.1. The first-order valence-corrected chi connectivity index (χ1v) is 15.3. The van der Waals surface area contributed by atoms with Gasteiger partial charge in [-0.2, -0.15) is 5.21 Å². The molecule has 2 amide bonds. The molecule has 43 heavy (non-hydrogen) atoms. The summed E-state index contributed by atoms with van der Waals surface area (Å²) in [5, 5.41) is 34.5. The summed E-state index contributed by atoms with van der Waals surface area (Å²) >= 11 is 0. The second-order valence-corrected chi connectivity index (χ2v) is 13.0. The Morgan fingerprint density at radius 3 is 2.37 bits per heavy atom. The van der Waals surface area contributed by atoms with Gasteiger partial charge in [0.2, 0.25) is 11.8 Å². The Bertz CT molecular complexity index is 1550.